The molecule has 0 saturated heterocycles. The maximum atomic E-state index is 13.8. The minimum Gasteiger partial charge on any atom is -0.492 e. The number of fused-ring (bicyclic) bond motifs is 1. The maximum absolute atomic E-state index is 13.8. The fraction of sp³-hybridized carbons (Fsp3) is 0.222. The Balaban J connectivity index is 2.03. The zero-order valence-corrected chi connectivity index (χ0v) is 14.4. The number of nitrogens with zero attached hydrogens (tertiary/aromatic N) is 3. The largest absolute Gasteiger partial charge is 0.492 e. The van der Waals surface area contributed by atoms with Crippen LogP contribution in [-0.2, 0) is 7.05 Å². The summed E-state index contributed by atoms with van der Waals surface area (Å²) in [5.41, 5.74) is 3.54. The van der Waals surface area contributed by atoms with Crippen LogP contribution in [0.5, 0.6) is 5.75 Å². The Hall–Kier alpha value is -2.96. The summed E-state index contributed by atoms with van der Waals surface area (Å²) in [6.07, 6.45) is 1.72. The molecule has 5 nitrogen and oxygen atoms in total. The first-order valence-corrected chi connectivity index (χ1v) is 7.66. The van der Waals surface area contributed by atoms with Crippen LogP contribution >= 0.6 is 0 Å². The van der Waals surface area contributed by atoms with Gasteiger partial charge in [0, 0.05) is 19.2 Å². The predicted molar refractivity (Wildman–Crippen MR) is 94.8 cm³/mol. The van der Waals surface area contributed by atoms with Crippen LogP contribution in [0.3, 0.4) is 0 Å². The third-order valence-corrected chi connectivity index (χ3v) is 3.88. The third-order valence-electron chi connectivity index (χ3n) is 3.88. The van der Waals surface area contributed by atoms with Crippen molar-refractivity contribution < 1.29 is 13.5 Å². The predicted octanol–water partition coefficient (Wildman–Crippen LogP) is 4.33. The van der Waals surface area contributed by atoms with Gasteiger partial charge in [-0.2, -0.15) is 0 Å². The molecule has 130 valence electrons. The van der Waals surface area contributed by atoms with Gasteiger partial charge >= 0.3 is 0 Å². The summed E-state index contributed by atoms with van der Waals surface area (Å²) in [6, 6.07) is 5.87. The van der Waals surface area contributed by atoms with Crippen molar-refractivity contribution in [1.29, 1.82) is 0 Å². The second-order valence-electron chi connectivity index (χ2n) is 5.74. The summed E-state index contributed by atoms with van der Waals surface area (Å²) >= 11 is 0. The molecular formula is C18H18F2N4O. The van der Waals surface area contributed by atoms with E-state index in [2.05, 4.69) is 15.3 Å². The number of aryl methyl sites for hydroxylation is 2. The quantitative estimate of drug-likeness (QED) is 0.568. The van der Waals surface area contributed by atoms with Crippen molar-refractivity contribution in [2.24, 2.45) is 12.0 Å². The van der Waals surface area contributed by atoms with Crippen molar-refractivity contribution in [2.45, 2.75) is 13.8 Å². The summed E-state index contributed by atoms with van der Waals surface area (Å²) < 4.78 is 34.2. The normalized spacial score (nSPS) is 11.8. The molecule has 0 bridgehead atoms. The molecule has 1 aromatic heterocycles. The number of anilines is 1. The van der Waals surface area contributed by atoms with Crippen LogP contribution in [0, 0.1) is 18.6 Å². The molecule has 25 heavy (non-hydrogen) atoms. The Bertz CT molecular complexity index is 979. The van der Waals surface area contributed by atoms with Gasteiger partial charge in [0.2, 0.25) is 0 Å². The van der Waals surface area contributed by atoms with Gasteiger partial charge in [0.15, 0.2) is 11.6 Å². The molecule has 2 aromatic carbocycles. The number of halogens is 2. The van der Waals surface area contributed by atoms with Gasteiger partial charge in [-0.3, -0.25) is 0 Å². The molecule has 1 heterocycles. The topological polar surface area (TPSA) is 51.4 Å². The van der Waals surface area contributed by atoms with E-state index in [9.17, 15) is 8.78 Å². The van der Waals surface area contributed by atoms with Gasteiger partial charge in [0.1, 0.15) is 17.2 Å². The van der Waals surface area contributed by atoms with Gasteiger partial charge in [-0.05, 0) is 25.5 Å². The number of rotatable bonds is 3. The summed E-state index contributed by atoms with van der Waals surface area (Å²) in [5, 5.41) is 2.90. The number of aromatic nitrogens is 2. The van der Waals surface area contributed by atoms with Crippen molar-refractivity contribution in [3.63, 3.8) is 0 Å². The van der Waals surface area contributed by atoms with Gasteiger partial charge in [0.25, 0.3) is 0 Å². The molecule has 0 spiro atoms. The molecule has 0 amide bonds. The number of nitrogens with one attached hydrogen (secondary N) is 1. The molecule has 0 saturated carbocycles. The molecule has 0 aliphatic rings. The highest BCUT2D eigenvalue weighted by Crippen LogP contribution is 2.31. The lowest BCUT2D eigenvalue weighted by Crippen LogP contribution is -2.09. The number of hydrogen-bond donors (Lipinski definition) is 1. The molecule has 3 rings (SSSR count). The van der Waals surface area contributed by atoms with Gasteiger partial charge < -0.3 is 14.6 Å². The lowest BCUT2D eigenvalue weighted by Gasteiger charge is -2.12. The van der Waals surface area contributed by atoms with Crippen molar-refractivity contribution >= 4 is 28.2 Å². The van der Waals surface area contributed by atoms with E-state index in [1.807, 2.05) is 30.7 Å². The van der Waals surface area contributed by atoms with Crippen molar-refractivity contribution in [1.82, 2.24) is 9.55 Å². The van der Waals surface area contributed by atoms with E-state index in [0.29, 0.717) is 11.5 Å². The number of amidine groups is 1. The van der Waals surface area contributed by atoms with Crippen LogP contribution in [-0.4, -0.2) is 22.5 Å². The monoisotopic (exact) mass is 344 g/mol. The fourth-order valence-corrected chi connectivity index (χ4v) is 2.68. The van der Waals surface area contributed by atoms with E-state index in [-0.39, 0.29) is 11.4 Å². The van der Waals surface area contributed by atoms with Crippen molar-refractivity contribution in [3.05, 3.63) is 47.8 Å². The highest BCUT2D eigenvalue weighted by molar-refractivity contribution is 5.99. The maximum Gasteiger partial charge on any atom is 0.178 e. The Kier molecular flexibility index (Phi) is 4.39. The number of hydrogen-bond acceptors (Lipinski definition) is 3. The zero-order valence-electron chi connectivity index (χ0n) is 14.4. The van der Waals surface area contributed by atoms with E-state index < -0.39 is 11.6 Å². The Morgan fingerprint density at radius 2 is 2.04 bits per heavy atom. The first kappa shape index (κ1) is 16.9. The molecule has 1 N–H and O–H groups in total. The molecule has 0 unspecified atom stereocenters. The third kappa shape index (κ3) is 3.17. The van der Waals surface area contributed by atoms with Crippen LogP contribution < -0.4 is 10.1 Å². The SMILES string of the molecule is COc1c(F)cc(F)cc1NC(C)=Nc1c(C)ccc2c1ncn2C. The molecule has 7 heteroatoms. The number of aliphatic imine (C=N–C) groups is 1. The molecule has 0 aliphatic carbocycles. The van der Waals surface area contributed by atoms with Crippen LogP contribution in [0.1, 0.15) is 12.5 Å². The number of benzene rings is 2. The van der Waals surface area contributed by atoms with E-state index >= 15 is 0 Å². The van der Waals surface area contributed by atoms with Crippen LogP contribution in [0.15, 0.2) is 35.6 Å². The van der Waals surface area contributed by atoms with E-state index in [4.69, 9.17) is 4.74 Å². The lowest BCUT2D eigenvalue weighted by atomic mass is 10.1. The molecule has 0 aliphatic heterocycles. The second kappa shape index (κ2) is 6.51. The molecule has 0 fully saturated rings. The fourth-order valence-electron chi connectivity index (χ4n) is 2.68. The van der Waals surface area contributed by atoms with E-state index in [1.54, 1.807) is 13.3 Å². The van der Waals surface area contributed by atoms with Crippen LogP contribution in [0.25, 0.3) is 11.0 Å². The minimum atomic E-state index is -0.777. The highest BCUT2D eigenvalue weighted by Gasteiger charge is 2.13. The first-order chi connectivity index (χ1) is 11.9. The molecule has 3 aromatic rings. The van der Waals surface area contributed by atoms with Gasteiger partial charge in [-0.15, -0.1) is 0 Å². The summed E-state index contributed by atoms with van der Waals surface area (Å²) in [5.74, 6) is -1.08. The zero-order chi connectivity index (χ0) is 18.1. The smallest absolute Gasteiger partial charge is 0.178 e. The van der Waals surface area contributed by atoms with Gasteiger partial charge in [-0.1, -0.05) is 6.07 Å². The first-order valence-electron chi connectivity index (χ1n) is 7.66. The Labute approximate surface area is 144 Å². The van der Waals surface area contributed by atoms with Gasteiger partial charge in [0.05, 0.1) is 30.3 Å². The average molecular weight is 344 g/mol. The summed E-state index contributed by atoms with van der Waals surface area (Å²) in [4.78, 5) is 8.94. The minimum absolute atomic E-state index is 0.0660. The second-order valence-corrected chi connectivity index (χ2v) is 5.74. The van der Waals surface area contributed by atoms with E-state index in [0.717, 1.165) is 28.7 Å². The van der Waals surface area contributed by atoms with Crippen LogP contribution in [0.2, 0.25) is 0 Å². The van der Waals surface area contributed by atoms with Crippen LogP contribution in [0.4, 0.5) is 20.2 Å². The standard InChI is InChI=1S/C18H18F2N4O/c1-10-5-6-15-17(21-9-24(15)3)16(10)23-11(2)22-14-8-12(19)7-13(20)18(14)25-4/h5-9H,1-4H3,(H,22,23). The average Bonchev–Trinajstić information content (AvgIpc) is 2.91. The molecule has 0 atom stereocenters. The number of imidazole rings is 1. The van der Waals surface area contributed by atoms with Gasteiger partial charge in [-0.25, -0.2) is 18.8 Å². The highest BCUT2D eigenvalue weighted by atomic mass is 19.1. The Morgan fingerprint density at radius 3 is 2.76 bits per heavy atom. The van der Waals surface area contributed by atoms with E-state index in [1.165, 1.54) is 7.11 Å². The van der Waals surface area contributed by atoms with Crippen molar-refractivity contribution in [3.8, 4) is 5.75 Å². The van der Waals surface area contributed by atoms with Crippen molar-refractivity contribution in [2.75, 3.05) is 12.4 Å². The summed E-state index contributed by atoms with van der Waals surface area (Å²) in [7, 11) is 3.23. The molecule has 0 radical (unpaired) electrons. The Morgan fingerprint density at radius 1 is 1.28 bits per heavy atom. The number of ether oxygens (including phenoxy) is 1. The number of methoxy groups -OCH3 is 1. The molecular weight excluding hydrogens is 326 g/mol. The summed E-state index contributed by atoms with van der Waals surface area (Å²) in [6.45, 7) is 3.64. The lowest BCUT2D eigenvalue weighted by molar-refractivity contribution is 0.386.